The number of benzene rings is 2. The Morgan fingerprint density at radius 2 is 1.97 bits per heavy atom. The van der Waals surface area contributed by atoms with E-state index in [1.165, 1.54) is 16.7 Å². The van der Waals surface area contributed by atoms with Gasteiger partial charge >= 0.3 is 0 Å². The van der Waals surface area contributed by atoms with Crippen molar-refractivity contribution in [3.63, 3.8) is 0 Å². The van der Waals surface area contributed by atoms with E-state index < -0.39 is 0 Å². The van der Waals surface area contributed by atoms with Gasteiger partial charge in [-0.15, -0.1) is 5.10 Å². The first-order chi connectivity index (χ1) is 17.1. The molecule has 2 aromatic carbocycles. The quantitative estimate of drug-likeness (QED) is 0.487. The van der Waals surface area contributed by atoms with Crippen molar-refractivity contribution in [2.45, 2.75) is 36.9 Å². The third-order valence-corrected chi connectivity index (χ3v) is 8.53. The first-order valence-corrected chi connectivity index (χ1v) is 12.7. The lowest BCUT2D eigenvalue weighted by Crippen LogP contribution is -2.59. The topological polar surface area (TPSA) is 61.6 Å². The van der Waals surface area contributed by atoms with Crippen LogP contribution < -0.4 is 9.47 Å². The summed E-state index contributed by atoms with van der Waals surface area (Å²) in [6.07, 6.45) is 8.13. The molecule has 178 valence electrons. The van der Waals surface area contributed by atoms with Crippen LogP contribution in [0.2, 0.25) is 0 Å². The second-order valence-electron chi connectivity index (χ2n) is 9.57. The average Bonchev–Trinajstić information content (AvgIpc) is 3.48. The minimum Gasteiger partial charge on any atom is -0.497 e. The van der Waals surface area contributed by atoms with Gasteiger partial charge in [-0.25, -0.2) is 4.68 Å². The number of hydrogen-bond donors (Lipinski definition) is 0. The molecule has 8 heteroatoms. The maximum absolute atomic E-state index is 6.61. The molecular formula is C27H25BrN4O3. The van der Waals surface area contributed by atoms with Crippen molar-refractivity contribution in [1.29, 1.82) is 0 Å². The highest BCUT2D eigenvalue weighted by Crippen LogP contribution is 2.62. The summed E-state index contributed by atoms with van der Waals surface area (Å²) >= 11 is 3.49. The van der Waals surface area contributed by atoms with Gasteiger partial charge in [0, 0.05) is 29.2 Å². The minimum atomic E-state index is -0.201. The molecule has 3 aromatic rings. The number of methoxy groups -OCH3 is 2. The van der Waals surface area contributed by atoms with Crippen LogP contribution in [0.15, 0.2) is 70.6 Å². The Bertz CT molecular complexity index is 1400. The van der Waals surface area contributed by atoms with Crippen molar-refractivity contribution in [1.82, 2.24) is 19.9 Å². The Hall–Kier alpha value is -3.10. The summed E-state index contributed by atoms with van der Waals surface area (Å²) in [6, 6.07) is 12.6. The maximum Gasteiger partial charge on any atom is 0.169 e. The smallest absolute Gasteiger partial charge is 0.169 e. The summed E-state index contributed by atoms with van der Waals surface area (Å²) in [4.78, 5) is 2.54. The Labute approximate surface area is 212 Å². The molecular weight excluding hydrogens is 508 g/mol. The van der Waals surface area contributed by atoms with Gasteiger partial charge in [0.05, 0.1) is 37.2 Å². The van der Waals surface area contributed by atoms with Gasteiger partial charge in [-0.3, -0.25) is 4.90 Å². The van der Waals surface area contributed by atoms with E-state index in [9.17, 15) is 0 Å². The van der Waals surface area contributed by atoms with E-state index in [1.807, 2.05) is 41.2 Å². The lowest BCUT2D eigenvalue weighted by molar-refractivity contribution is 0.0608. The van der Waals surface area contributed by atoms with Crippen LogP contribution in [-0.2, 0) is 23.1 Å². The van der Waals surface area contributed by atoms with Crippen LogP contribution in [-0.4, -0.2) is 52.8 Å². The standard InChI is InChI=1S/C27H25BrN4O3/c1-33-22-9-3-16-13-21-20-8-10-23(34-2)26-27(20,24(16)25(22)35-26)11-12-31(21)14-18-15-32(30-29-18)19-6-4-17(28)5-7-19/h3-10,15,21,26H,11-14H2,1-2H3. The second-order valence-corrected chi connectivity index (χ2v) is 10.5. The molecule has 2 aliphatic carbocycles. The number of allylic oxidation sites excluding steroid dienone is 2. The van der Waals surface area contributed by atoms with E-state index in [2.05, 4.69) is 49.4 Å². The molecule has 3 unspecified atom stereocenters. The molecule has 1 spiro atoms. The summed E-state index contributed by atoms with van der Waals surface area (Å²) in [5.74, 6) is 2.56. The van der Waals surface area contributed by atoms with E-state index >= 15 is 0 Å². The largest absolute Gasteiger partial charge is 0.497 e. The molecule has 0 N–H and O–H groups in total. The number of hydrogen-bond acceptors (Lipinski definition) is 6. The molecule has 2 aliphatic heterocycles. The van der Waals surface area contributed by atoms with Crippen LogP contribution in [0.4, 0.5) is 0 Å². The lowest BCUT2D eigenvalue weighted by atomic mass is 9.57. The maximum atomic E-state index is 6.61. The van der Waals surface area contributed by atoms with E-state index in [0.29, 0.717) is 0 Å². The molecule has 1 aromatic heterocycles. The van der Waals surface area contributed by atoms with Gasteiger partial charge in [0.2, 0.25) is 0 Å². The number of piperidine rings is 1. The fourth-order valence-corrected chi connectivity index (χ4v) is 6.75. The van der Waals surface area contributed by atoms with Gasteiger partial charge in [0.1, 0.15) is 5.76 Å². The van der Waals surface area contributed by atoms with Gasteiger partial charge in [-0.05, 0) is 60.4 Å². The highest BCUT2D eigenvalue weighted by molar-refractivity contribution is 9.10. The predicted molar refractivity (Wildman–Crippen MR) is 134 cm³/mol. The van der Waals surface area contributed by atoms with E-state index in [-0.39, 0.29) is 17.6 Å². The van der Waals surface area contributed by atoms with E-state index in [0.717, 1.165) is 59.0 Å². The van der Waals surface area contributed by atoms with Crippen molar-refractivity contribution in [3.8, 4) is 17.2 Å². The van der Waals surface area contributed by atoms with Crippen molar-refractivity contribution < 1.29 is 14.2 Å². The van der Waals surface area contributed by atoms with Crippen LogP contribution >= 0.6 is 15.9 Å². The highest BCUT2D eigenvalue weighted by Gasteiger charge is 2.62. The summed E-state index contributed by atoms with van der Waals surface area (Å²) in [7, 11) is 3.44. The Balaban J connectivity index is 1.26. The Morgan fingerprint density at radius 1 is 1.11 bits per heavy atom. The Kier molecular flexibility index (Phi) is 4.66. The number of aromatic nitrogens is 3. The average molecular weight is 533 g/mol. The molecule has 35 heavy (non-hydrogen) atoms. The first-order valence-electron chi connectivity index (χ1n) is 11.9. The van der Waals surface area contributed by atoms with E-state index in [1.54, 1.807) is 14.2 Å². The summed E-state index contributed by atoms with van der Waals surface area (Å²) in [5, 5.41) is 8.89. The molecule has 7 rings (SSSR count). The molecule has 4 aliphatic rings. The molecule has 0 amide bonds. The van der Waals surface area contributed by atoms with Crippen molar-refractivity contribution in [2.24, 2.45) is 0 Å². The lowest BCUT2D eigenvalue weighted by Gasteiger charge is -2.53. The summed E-state index contributed by atoms with van der Waals surface area (Å²) < 4.78 is 21.0. The zero-order valence-electron chi connectivity index (χ0n) is 19.6. The molecule has 2 bridgehead atoms. The van der Waals surface area contributed by atoms with Gasteiger partial charge in [-0.1, -0.05) is 33.3 Å². The van der Waals surface area contributed by atoms with Gasteiger partial charge in [0.15, 0.2) is 17.6 Å². The SMILES string of the molecule is COC1=CC=C2C3Cc4ccc(OC)c5c4C2(CCN3Cc2cn(-c3ccc(Br)cc3)nn2)C1O5. The summed E-state index contributed by atoms with van der Waals surface area (Å²) in [5.41, 5.74) is 5.81. The zero-order chi connectivity index (χ0) is 23.7. The molecule has 1 saturated heterocycles. The molecule has 7 nitrogen and oxygen atoms in total. The molecule has 0 saturated carbocycles. The van der Waals surface area contributed by atoms with Crippen LogP contribution in [0.25, 0.3) is 5.69 Å². The van der Waals surface area contributed by atoms with Crippen LogP contribution in [0.5, 0.6) is 11.5 Å². The Morgan fingerprint density at radius 3 is 2.77 bits per heavy atom. The first kappa shape index (κ1) is 21.2. The third kappa shape index (κ3) is 2.93. The molecule has 1 fully saturated rings. The normalized spacial score (nSPS) is 25.9. The van der Waals surface area contributed by atoms with Gasteiger partial charge in [-0.2, -0.15) is 0 Å². The number of likely N-dealkylation sites (tertiary alicyclic amines) is 1. The van der Waals surface area contributed by atoms with Gasteiger partial charge < -0.3 is 14.2 Å². The molecule has 3 atom stereocenters. The highest BCUT2D eigenvalue weighted by atomic mass is 79.9. The molecule has 3 heterocycles. The van der Waals surface area contributed by atoms with Crippen LogP contribution in [0, 0.1) is 0 Å². The monoisotopic (exact) mass is 532 g/mol. The van der Waals surface area contributed by atoms with E-state index in [4.69, 9.17) is 14.2 Å². The minimum absolute atomic E-state index is 0.152. The predicted octanol–water partition coefficient (Wildman–Crippen LogP) is 4.34. The zero-order valence-corrected chi connectivity index (χ0v) is 21.2. The van der Waals surface area contributed by atoms with Crippen molar-refractivity contribution in [2.75, 3.05) is 20.8 Å². The second kappa shape index (κ2) is 7.70. The number of rotatable bonds is 5. The van der Waals surface area contributed by atoms with Crippen molar-refractivity contribution in [3.05, 3.63) is 87.4 Å². The number of nitrogens with zero attached hydrogens (tertiary/aromatic N) is 4. The third-order valence-electron chi connectivity index (χ3n) is 8.00. The fraction of sp³-hybridized carbons (Fsp3) is 0.333. The molecule has 0 radical (unpaired) electrons. The fourth-order valence-electron chi connectivity index (χ4n) is 6.49. The summed E-state index contributed by atoms with van der Waals surface area (Å²) in [6.45, 7) is 1.69. The van der Waals surface area contributed by atoms with Crippen LogP contribution in [0.3, 0.4) is 0 Å². The van der Waals surface area contributed by atoms with Crippen molar-refractivity contribution >= 4 is 15.9 Å². The van der Waals surface area contributed by atoms with Gasteiger partial charge in [0.25, 0.3) is 0 Å². The number of halogens is 1. The number of ether oxygens (including phenoxy) is 3. The van der Waals surface area contributed by atoms with Crippen LogP contribution in [0.1, 0.15) is 23.2 Å².